The molecule has 0 bridgehead atoms. The second-order valence-corrected chi connectivity index (χ2v) is 4.89. The number of rotatable bonds is 2. The number of H-pyrrole nitrogens is 1. The maximum absolute atomic E-state index is 11.7. The second-order valence-electron chi connectivity index (χ2n) is 4.09. The summed E-state index contributed by atoms with van der Waals surface area (Å²) in [4.78, 5) is 22.9. The molecule has 0 saturated carbocycles. The monoisotopic (exact) mass is 296 g/mol. The van der Waals surface area contributed by atoms with Gasteiger partial charge in [0.2, 0.25) is 0 Å². The third-order valence-corrected chi connectivity index (χ3v) is 3.43. The van der Waals surface area contributed by atoms with Crippen molar-refractivity contribution in [2.45, 2.75) is 26.8 Å². The molecule has 0 aliphatic carbocycles. The molecule has 90 valence electrons. The fourth-order valence-electron chi connectivity index (χ4n) is 1.59. The number of hydrogen-bond donors (Lipinski definition) is 1. The predicted octanol–water partition coefficient (Wildman–Crippen LogP) is 2.29. The molecule has 0 fully saturated rings. The van der Waals surface area contributed by atoms with Crippen LogP contribution < -0.4 is 5.56 Å². The zero-order valence-electron chi connectivity index (χ0n) is 9.86. The lowest BCUT2D eigenvalue weighted by Gasteiger charge is -2.11. The number of aromatic amines is 1. The first-order valence-corrected chi connectivity index (χ1v) is 6.08. The average molecular weight is 297 g/mol. The molecule has 0 radical (unpaired) electrons. The molecule has 17 heavy (non-hydrogen) atoms. The number of hydrogen-bond acceptors (Lipinski definition) is 3. The van der Waals surface area contributed by atoms with Gasteiger partial charge < -0.3 is 9.55 Å². The van der Waals surface area contributed by atoms with Crippen LogP contribution in [0.25, 0.3) is 11.5 Å². The molecular formula is C11H13BrN4O. The van der Waals surface area contributed by atoms with E-state index >= 15 is 0 Å². The Kier molecular flexibility index (Phi) is 3.15. The number of aryl methyl sites for hydroxylation is 1. The van der Waals surface area contributed by atoms with Crippen LogP contribution in [0.1, 0.15) is 25.6 Å². The summed E-state index contributed by atoms with van der Waals surface area (Å²) in [5.41, 5.74) is 1.30. The van der Waals surface area contributed by atoms with Crippen LogP contribution in [0.2, 0.25) is 0 Å². The van der Waals surface area contributed by atoms with Crippen molar-refractivity contribution in [3.8, 4) is 11.5 Å². The van der Waals surface area contributed by atoms with Crippen LogP contribution in [0, 0.1) is 6.92 Å². The van der Waals surface area contributed by atoms with Crippen molar-refractivity contribution in [2.75, 3.05) is 0 Å². The molecule has 0 aliphatic heterocycles. The average Bonchev–Trinajstić information content (AvgIpc) is 2.74. The number of nitrogens with one attached hydrogen (secondary N) is 1. The summed E-state index contributed by atoms with van der Waals surface area (Å²) in [5.74, 6) is 0.543. The van der Waals surface area contributed by atoms with Crippen molar-refractivity contribution >= 4 is 15.9 Å². The molecule has 2 rings (SSSR count). The zero-order valence-corrected chi connectivity index (χ0v) is 11.4. The van der Waals surface area contributed by atoms with E-state index in [0.29, 0.717) is 16.0 Å². The van der Waals surface area contributed by atoms with E-state index in [1.54, 1.807) is 19.4 Å². The van der Waals surface area contributed by atoms with Gasteiger partial charge in [0.15, 0.2) is 5.82 Å². The lowest BCUT2D eigenvalue weighted by Crippen LogP contribution is -2.13. The molecule has 0 atom stereocenters. The lowest BCUT2D eigenvalue weighted by atomic mass is 10.3. The van der Waals surface area contributed by atoms with Crippen LogP contribution >= 0.6 is 15.9 Å². The van der Waals surface area contributed by atoms with Gasteiger partial charge in [0.1, 0.15) is 10.2 Å². The molecule has 5 nitrogen and oxygen atoms in total. The Morgan fingerprint density at radius 1 is 1.47 bits per heavy atom. The summed E-state index contributed by atoms with van der Waals surface area (Å²) in [6.07, 6.45) is 3.43. The molecule has 0 unspecified atom stereocenters. The second kappa shape index (κ2) is 4.44. The van der Waals surface area contributed by atoms with E-state index in [9.17, 15) is 4.79 Å². The summed E-state index contributed by atoms with van der Waals surface area (Å²) in [5, 5.41) is 0. The fraction of sp³-hybridized carbons (Fsp3) is 0.364. The normalized spacial score (nSPS) is 11.1. The maximum Gasteiger partial charge on any atom is 0.265 e. The van der Waals surface area contributed by atoms with Crippen LogP contribution in [-0.4, -0.2) is 19.5 Å². The molecule has 1 N–H and O–H groups in total. The summed E-state index contributed by atoms with van der Waals surface area (Å²) in [6.45, 7) is 5.89. The minimum absolute atomic E-state index is 0.177. The largest absolute Gasteiger partial charge is 0.326 e. The molecule has 2 aromatic heterocycles. The molecule has 0 aromatic carbocycles. The van der Waals surface area contributed by atoms with Crippen LogP contribution in [0.3, 0.4) is 0 Å². The summed E-state index contributed by atoms with van der Waals surface area (Å²) >= 11 is 3.20. The Morgan fingerprint density at radius 2 is 2.18 bits per heavy atom. The Bertz CT molecular complexity index is 600. The first kappa shape index (κ1) is 12.0. The number of halogens is 1. The highest BCUT2D eigenvalue weighted by Crippen LogP contribution is 2.19. The van der Waals surface area contributed by atoms with E-state index < -0.39 is 0 Å². The number of aromatic nitrogens is 4. The first-order valence-electron chi connectivity index (χ1n) is 5.29. The molecule has 6 heteroatoms. The van der Waals surface area contributed by atoms with E-state index in [2.05, 4.69) is 44.7 Å². The van der Waals surface area contributed by atoms with Crippen LogP contribution in [0.5, 0.6) is 0 Å². The topological polar surface area (TPSA) is 63.6 Å². The van der Waals surface area contributed by atoms with Crippen molar-refractivity contribution in [1.82, 2.24) is 19.5 Å². The van der Waals surface area contributed by atoms with Gasteiger partial charge in [-0.05, 0) is 36.7 Å². The van der Waals surface area contributed by atoms with Crippen LogP contribution in [0.15, 0.2) is 21.8 Å². The fourth-order valence-corrected chi connectivity index (χ4v) is 1.78. The van der Waals surface area contributed by atoms with E-state index in [-0.39, 0.29) is 11.6 Å². The first-order chi connectivity index (χ1) is 8.00. The van der Waals surface area contributed by atoms with Gasteiger partial charge in [-0.3, -0.25) is 4.79 Å². The number of nitrogens with zero attached hydrogens (tertiary/aromatic N) is 3. The van der Waals surface area contributed by atoms with Crippen molar-refractivity contribution in [2.24, 2.45) is 0 Å². The van der Waals surface area contributed by atoms with Gasteiger partial charge in [0.25, 0.3) is 5.56 Å². The Hall–Kier alpha value is -1.43. The minimum atomic E-state index is -0.177. The molecule has 0 amide bonds. The van der Waals surface area contributed by atoms with Gasteiger partial charge in [0.05, 0.1) is 18.2 Å². The Labute approximate surface area is 107 Å². The Balaban J connectivity index is 2.61. The Morgan fingerprint density at radius 3 is 2.76 bits per heavy atom. The molecule has 2 heterocycles. The molecule has 0 spiro atoms. The summed E-state index contributed by atoms with van der Waals surface area (Å²) < 4.78 is 2.43. The predicted molar refractivity (Wildman–Crippen MR) is 68.9 cm³/mol. The van der Waals surface area contributed by atoms with Crippen molar-refractivity contribution < 1.29 is 0 Å². The third-order valence-electron chi connectivity index (χ3n) is 2.49. The highest BCUT2D eigenvalue weighted by Gasteiger charge is 2.12. The molecule has 0 aliphatic rings. The van der Waals surface area contributed by atoms with Gasteiger partial charge in [-0.25, -0.2) is 9.97 Å². The third kappa shape index (κ3) is 2.17. The van der Waals surface area contributed by atoms with Crippen molar-refractivity contribution in [1.29, 1.82) is 0 Å². The quantitative estimate of drug-likeness (QED) is 0.925. The minimum Gasteiger partial charge on any atom is -0.326 e. The highest BCUT2D eigenvalue weighted by atomic mass is 79.9. The van der Waals surface area contributed by atoms with E-state index in [0.717, 1.165) is 5.69 Å². The van der Waals surface area contributed by atoms with Gasteiger partial charge in [0, 0.05) is 6.04 Å². The zero-order chi connectivity index (χ0) is 12.6. The smallest absolute Gasteiger partial charge is 0.265 e. The van der Waals surface area contributed by atoms with Gasteiger partial charge in [-0.2, -0.15) is 0 Å². The van der Waals surface area contributed by atoms with Crippen LogP contribution in [-0.2, 0) is 0 Å². The summed E-state index contributed by atoms with van der Waals surface area (Å²) in [7, 11) is 0. The van der Waals surface area contributed by atoms with E-state index in [1.165, 1.54) is 0 Å². The molecular weight excluding hydrogens is 284 g/mol. The van der Waals surface area contributed by atoms with Crippen molar-refractivity contribution in [3.05, 3.63) is 33.0 Å². The van der Waals surface area contributed by atoms with E-state index in [4.69, 9.17) is 0 Å². The number of imidazole rings is 1. The van der Waals surface area contributed by atoms with Gasteiger partial charge in [-0.15, -0.1) is 0 Å². The van der Waals surface area contributed by atoms with Gasteiger partial charge >= 0.3 is 0 Å². The standard InChI is InChI=1S/C11H13BrN4O/c1-6(2)16-5-13-4-8(16)10-14-7(3)9(12)11(17)15-10/h4-6H,1-3H3,(H,14,15,17). The maximum atomic E-state index is 11.7. The lowest BCUT2D eigenvalue weighted by molar-refractivity contribution is 0.603. The van der Waals surface area contributed by atoms with Gasteiger partial charge in [-0.1, -0.05) is 0 Å². The van der Waals surface area contributed by atoms with E-state index in [1.807, 2.05) is 4.57 Å². The summed E-state index contributed by atoms with van der Waals surface area (Å²) in [6, 6.07) is 0.266. The SMILES string of the molecule is Cc1nc(-c2cncn2C(C)C)[nH]c(=O)c1Br. The van der Waals surface area contributed by atoms with Crippen molar-refractivity contribution in [3.63, 3.8) is 0 Å². The van der Waals surface area contributed by atoms with Crippen LogP contribution in [0.4, 0.5) is 0 Å². The molecule has 2 aromatic rings. The molecule has 0 saturated heterocycles. The highest BCUT2D eigenvalue weighted by molar-refractivity contribution is 9.10.